The maximum Gasteiger partial charge on any atom is 0.246 e. The number of sulfonamides is 1. The van der Waals surface area contributed by atoms with Crippen LogP contribution in [0.1, 0.15) is 11.1 Å². The molecule has 0 aromatic heterocycles. The number of nitrogens with one attached hydrogen (secondary N) is 1. The van der Waals surface area contributed by atoms with E-state index in [2.05, 4.69) is 4.72 Å². The predicted molar refractivity (Wildman–Crippen MR) is 58.9 cm³/mol. The summed E-state index contributed by atoms with van der Waals surface area (Å²) in [7, 11) is -3.53. The highest BCUT2D eigenvalue weighted by atomic mass is 32.2. The van der Waals surface area contributed by atoms with Crippen molar-refractivity contribution < 1.29 is 8.42 Å². The molecule has 0 aliphatic rings. The number of aryl methyl sites for hydroxylation is 2. The van der Waals surface area contributed by atoms with E-state index < -0.39 is 15.8 Å². The van der Waals surface area contributed by atoms with Crippen LogP contribution in [0.15, 0.2) is 18.2 Å². The lowest BCUT2D eigenvalue weighted by molar-refractivity contribution is 0.604. The van der Waals surface area contributed by atoms with Crippen LogP contribution in [0.5, 0.6) is 0 Å². The van der Waals surface area contributed by atoms with Gasteiger partial charge >= 0.3 is 0 Å². The first-order valence-corrected chi connectivity index (χ1v) is 6.04. The summed E-state index contributed by atoms with van der Waals surface area (Å²) in [6.45, 7) is 3.75. The number of hydrogen-bond acceptors (Lipinski definition) is 3. The van der Waals surface area contributed by atoms with Crippen LogP contribution in [-0.2, 0) is 10.0 Å². The lowest BCUT2D eigenvalue weighted by Crippen LogP contribution is -2.16. The number of nitrogens with zero attached hydrogens (tertiary/aromatic N) is 1. The smallest absolute Gasteiger partial charge is 0.246 e. The molecular weight excluding hydrogens is 212 g/mol. The molecule has 80 valence electrons. The van der Waals surface area contributed by atoms with E-state index >= 15 is 0 Å². The number of anilines is 1. The Morgan fingerprint density at radius 2 is 2.07 bits per heavy atom. The lowest BCUT2D eigenvalue weighted by Gasteiger charge is -2.08. The average Bonchev–Trinajstić information content (AvgIpc) is 2.09. The maximum absolute atomic E-state index is 11.3. The molecule has 0 amide bonds. The molecule has 1 aromatic rings. The zero-order valence-corrected chi connectivity index (χ0v) is 9.43. The van der Waals surface area contributed by atoms with Crippen molar-refractivity contribution in [3.05, 3.63) is 29.3 Å². The van der Waals surface area contributed by atoms with Crippen molar-refractivity contribution in [1.82, 2.24) is 0 Å². The Morgan fingerprint density at radius 3 is 2.60 bits per heavy atom. The number of nitriles is 1. The van der Waals surface area contributed by atoms with Gasteiger partial charge in [0.1, 0.15) is 0 Å². The first kappa shape index (κ1) is 11.5. The fourth-order valence-electron chi connectivity index (χ4n) is 1.22. The van der Waals surface area contributed by atoms with E-state index in [1.165, 1.54) is 0 Å². The van der Waals surface area contributed by atoms with Crippen molar-refractivity contribution in [3.8, 4) is 6.07 Å². The monoisotopic (exact) mass is 224 g/mol. The molecule has 1 N–H and O–H groups in total. The van der Waals surface area contributed by atoms with E-state index in [4.69, 9.17) is 5.26 Å². The van der Waals surface area contributed by atoms with Gasteiger partial charge in [0.05, 0.1) is 11.8 Å². The fourth-order valence-corrected chi connectivity index (χ4v) is 2.02. The molecule has 0 spiro atoms. The second-order valence-electron chi connectivity index (χ2n) is 3.34. The highest BCUT2D eigenvalue weighted by molar-refractivity contribution is 7.92. The van der Waals surface area contributed by atoms with E-state index in [1.54, 1.807) is 12.1 Å². The molecule has 0 heterocycles. The first-order valence-electron chi connectivity index (χ1n) is 4.39. The normalized spacial score (nSPS) is 10.7. The van der Waals surface area contributed by atoms with Crippen LogP contribution in [-0.4, -0.2) is 14.2 Å². The fraction of sp³-hybridized carbons (Fsp3) is 0.300. The Morgan fingerprint density at radius 1 is 1.40 bits per heavy atom. The van der Waals surface area contributed by atoms with Gasteiger partial charge in [-0.3, -0.25) is 4.72 Å². The Hall–Kier alpha value is -1.54. The van der Waals surface area contributed by atoms with Crippen LogP contribution in [0.2, 0.25) is 0 Å². The Bertz CT molecular complexity index is 501. The summed E-state index contributed by atoms with van der Waals surface area (Å²) in [5.74, 6) is -0.527. The van der Waals surface area contributed by atoms with Gasteiger partial charge in [0, 0.05) is 0 Å². The Kier molecular flexibility index (Phi) is 3.32. The van der Waals surface area contributed by atoms with Crippen molar-refractivity contribution in [2.75, 3.05) is 10.5 Å². The first-order chi connectivity index (χ1) is 6.94. The molecule has 0 aliphatic carbocycles. The van der Waals surface area contributed by atoms with E-state index in [0.29, 0.717) is 5.69 Å². The Labute approximate surface area is 89.6 Å². The molecule has 0 radical (unpaired) electrons. The molecule has 15 heavy (non-hydrogen) atoms. The van der Waals surface area contributed by atoms with Gasteiger partial charge in [-0.25, -0.2) is 8.42 Å². The van der Waals surface area contributed by atoms with Gasteiger partial charge < -0.3 is 0 Å². The van der Waals surface area contributed by atoms with Crippen LogP contribution < -0.4 is 4.72 Å². The largest absolute Gasteiger partial charge is 0.282 e. The Balaban J connectivity index is 2.96. The van der Waals surface area contributed by atoms with Crippen LogP contribution in [0, 0.1) is 25.2 Å². The summed E-state index contributed by atoms with van der Waals surface area (Å²) in [6, 6.07) is 7.00. The summed E-state index contributed by atoms with van der Waals surface area (Å²) in [5, 5.41) is 8.32. The molecule has 5 heteroatoms. The van der Waals surface area contributed by atoms with Crippen molar-refractivity contribution in [3.63, 3.8) is 0 Å². The van der Waals surface area contributed by atoms with Crippen LogP contribution in [0.3, 0.4) is 0 Å². The third-order valence-corrected chi connectivity index (χ3v) is 2.94. The molecule has 4 nitrogen and oxygen atoms in total. The van der Waals surface area contributed by atoms with Gasteiger partial charge in [0.2, 0.25) is 10.0 Å². The maximum atomic E-state index is 11.3. The minimum atomic E-state index is -3.53. The average molecular weight is 224 g/mol. The van der Waals surface area contributed by atoms with Crippen molar-refractivity contribution in [2.45, 2.75) is 13.8 Å². The van der Waals surface area contributed by atoms with Gasteiger partial charge in [0.25, 0.3) is 0 Å². The zero-order chi connectivity index (χ0) is 11.5. The molecule has 0 aliphatic heterocycles. The van der Waals surface area contributed by atoms with E-state index in [1.807, 2.05) is 26.0 Å². The van der Waals surface area contributed by atoms with Crippen molar-refractivity contribution >= 4 is 15.7 Å². The molecular formula is C10H12N2O2S. The number of hydrogen-bond donors (Lipinski definition) is 1. The minimum Gasteiger partial charge on any atom is -0.282 e. The van der Waals surface area contributed by atoms with Crippen LogP contribution in [0.4, 0.5) is 5.69 Å². The van der Waals surface area contributed by atoms with Gasteiger partial charge in [-0.05, 0) is 25.5 Å². The van der Waals surface area contributed by atoms with E-state index in [9.17, 15) is 8.42 Å². The standard InChI is InChI=1S/C10H12N2O2S/c1-8-3-4-10(9(2)7-8)12-15(13,14)6-5-11/h3-4,7,12H,6H2,1-2H3. The lowest BCUT2D eigenvalue weighted by atomic mass is 10.1. The SMILES string of the molecule is Cc1ccc(NS(=O)(=O)CC#N)c(C)c1. The molecule has 1 aromatic carbocycles. The van der Waals surface area contributed by atoms with Gasteiger partial charge in [-0.15, -0.1) is 0 Å². The molecule has 0 bridgehead atoms. The highest BCUT2D eigenvalue weighted by Gasteiger charge is 2.10. The third-order valence-electron chi connectivity index (χ3n) is 1.90. The number of benzene rings is 1. The zero-order valence-electron chi connectivity index (χ0n) is 8.61. The van der Waals surface area contributed by atoms with Crippen molar-refractivity contribution in [1.29, 1.82) is 5.26 Å². The second kappa shape index (κ2) is 4.32. The van der Waals surface area contributed by atoms with Gasteiger partial charge in [-0.2, -0.15) is 5.26 Å². The minimum absolute atomic E-state index is 0.524. The summed E-state index contributed by atoms with van der Waals surface area (Å²) >= 11 is 0. The quantitative estimate of drug-likeness (QED) is 0.847. The molecule has 0 unspecified atom stereocenters. The van der Waals surface area contributed by atoms with E-state index in [0.717, 1.165) is 11.1 Å². The summed E-state index contributed by atoms with van der Waals surface area (Å²) in [6.07, 6.45) is 0. The summed E-state index contributed by atoms with van der Waals surface area (Å²) in [5.41, 5.74) is 2.43. The highest BCUT2D eigenvalue weighted by Crippen LogP contribution is 2.17. The summed E-state index contributed by atoms with van der Waals surface area (Å²) in [4.78, 5) is 0. The molecule has 0 fully saturated rings. The topological polar surface area (TPSA) is 70.0 Å². The van der Waals surface area contributed by atoms with Crippen LogP contribution >= 0.6 is 0 Å². The van der Waals surface area contributed by atoms with Gasteiger partial charge in [0.15, 0.2) is 5.75 Å². The second-order valence-corrected chi connectivity index (χ2v) is 5.06. The molecule has 1 rings (SSSR count). The van der Waals surface area contributed by atoms with Gasteiger partial charge in [-0.1, -0.05) is 17.7 Å². The molecule has 0 saturated carbocycles. The van der Waals surface area contributed by atoms with Crippen LogP contribution in [0.25, 0.3) is 0 Å². The third kappa shape index (κ3) is 3.26. The number of rotatable bonds is 3. The molecule has 0 saturated heterocycles. The predicted octanol–water partition coefficient (Wildman–Crippen LogP) is 1.57. The molecule has 0 atom stereocenters. The van der Waals surface area contributed by atoms with Crippen molar-refractivity contribution in [2.24, 2.45) is 0 Å². The summed E-state index contributed by atoms with van der Waals surface area (Å²) < 4.78 is 25.0. The van der Waals surface area contributed by atoms with E-state index in [-0.39, 0.29) is 0 Å².